The second-order valence-electron chi connectivity index (χ2n) is 12.0. The maximum absolute atomic E-state index is 12.6. The zero-order valence-electron chi connectivity index (χ0n) is 22.3. The molecule has 0 aromatic carbocycles. The van der Waals surface area contributed by atoms with E-state index in [2.05, 4.69) is 26.8 Å². The van der Waals surface area contributed by atoms with Crippen LogP contribution in [0.25, 0.3) is 0 Å². The van der Waals surface area contributed by atoms with Crippen molar-refractivity contribution in [2.45, 2.75) is 95.2 Å². The fraction of sp³-hybridized carbons (Fsp3) is 0.852. The number of halogens is 2. The Kier molecular flexibility index (Phi) is 7.55. The van der Waals surface area contributed by atoms with Gasteiger partial charge < -0.3 is 24.0 Å². The highest BCUT2D eigenvalue weighted by Gasteiger charge is 2.73. The molecule has 3 atom stereocenters. The first-order chi connectivity index (χ1) is 17.6. The quantitative estimate of drug-likeness (QED) is 0.339. The van der Waals surface area contributed by atoms with Gasteiger partial charge in [-0.2, -0.15) is 0 Å². The van der Waals surface area contributed by atoms with Crippen LogP contribution in [0.1, 0.15) is 59.3 Å². The van der Waals surface area contributed by atoms with Gasteiger partial charge in [-0.15, -0.1) is 0 Å². The third kappa shape index (κ3) is 5.96. The number of likely N-dealkylation sites (tertiary alicyclic amines) is 1. The van der Waals surface area contributed by atoms with Crippen LogP contribution in [0.5, 0.6) is 0 Å². The van der Waals surface area contributed by atoms with Crippen molar-refractivity contribution in [3.63, 3.8) is 0 Å². The molecule has 4 aliphatic heterocycles. The van der Waals surface area contributed by atoms with Crippen LogP contribution in [-0.4, -0.2) is 108 Å². The average Bonchev–Trinajstić information content (AvgIpc) is 3.69. The molecule has 1 unspecified atom stereocenters. The lowest BCUT2D eigenvalue weighted by atomic mass is 9.80. The van der Waals surface area contributed by atoms with Gasteiger partial charge in [-0.25, -0.2) is 13.6 Å². The summed E-state index contributed by atoms with van der Waals surface area (Å²) in [6.07, 6.45) is 5.02. The molecule has 10 heteroatoms. The Hall–Kier alpha value is -1.78. The molecule has 37 heavy (non-hydrogen) atoms. The van der Waals surface area contributed by atoms with Gasteiger partial charge in [0.1, 0.15) is 17.8 Å². The molecule has 4 heterocycles. The summed E-state index contributed by atoms with van der Waals surface area (Å²) < 4.78 is 43.1. The van der Waals surface area contributed by atoms with Crippen molar-refractivity contribution in [2.24, 2.45) is 5.92 Å². The summed E-state index contributed by atoms with van der Waals surface area (Å²) in [4.78, 5) is 29.9. The number of piperazine rings is 1. The second-order valence-corrected chi connectivity index (χ2v) is 12.0. The van der Waals surface area contributed by atoms with E-state index in [0.717, 1.165) is 38.5 Å². The predicted octanol–water partition coefficient (Wildman–Crippen LogP) is 3.45. The molecule has 0 aromatic heterocycles. The summed E-state index contributed by atoms with van der Waals surface area (Å²) >= 11 is 0. The zero-order valence-corrected chi connectivity index (χ0v) is 22.3. The second kappa shape index (κ2) is 10.4. The minimum Gasteiger partial charge on any atom is -0.446 e. The molecule has 0 bridgehead atoms. The van der Waals surface area contributed by atoms with Crippen molar-refractivity contribution < 1.29 is 32.6 Å². The minimum absolute atomic E-state index is 0.0602. The first kappa shape index (κ1) is 26.8. The Morgan fingerprint density at radius 2 is 1.92 bits per heavy atom. The number of allylic oxidation sites excluding steroid dienone is 1. The van der Waals surface area contributed by atoms with E-state index in [0.29, 0.717) is 38.6 Å². The topological polar surface area (TPSA) is 78.2 Å². The van der Waals surface area contributed by atoms with Crippen LogP contribution in [0.3, 0.4) is 0 Å². The SMILES string of the molecule is CC(C)=CC[C@H]1O[C@@]1(C)C1OC12CCC(OC(=O)N1CC(CCN3CCN(CC(F)F)CC3=O)C1)CC2. The fourth-order valence-corrected chi connectivity index (χ4v) is 6.35. The standard InChI is InChI=1S/C27H41F2N3O5/c1-18(2)4-5-21-26(3,36-21)24-27(37-24)9-6-20(7-10-27)35-25(34)32-14-19(15-32)8-11-31-13-12-30(16-22(28)29)17-23(31)33/h4,19-22,24H,5-17H2,1-3H3/t20?,21-,24?,26-,27?/m1/s1. The zero-order chi connectivity index (χ0) is 26.4. The van der Waals surface area contributed by atoms with Gasteiger partial charge in [-0.3, -0.25) is 9.69 Å². The summed E-state index contributed by atoms with van der Waals surface area (Å²) in [5.74, 6) is 0.248. The van der Waals surface area contributed by atoms with E-state index in [-0.39, 0.29) is 54.6 Å². The molecule has 1 spiro atoms. The lowest BCUT2D eigenvalue weighted by Crippen LogP contribution is -2.54. The van der Waals surface area contributed by atoms with Crippen LogP contribution >= 0.6 is 0 Å². The predicted molar refractivity (Wildman–Crippen MR) is 132 cm³/mol. The molecule has 208 valence electrons. The molecule has 8 nitrogen and oxygen atoms in total. The number of epoxide rings is 2. The number of rotatable bonds is 9. The molecule has 5 rings (SSSR count). The smallest absolute Gasteiger partial charge is 0.410 e. The van der Waals surface area contributed by atoms with E-state index in [9.17, 15) is 18.4 Å². The van der Waals surface area contributed by atoms with Crippen molar-refractivity contribution >= 4 is 12.0 Å². The summed E-state index contributed by atoms with van der Waals surface area (Å²) in [6, 6.07) is 0. The Bertz CT molecular complexity index is 898. The minimum atomic E-state index is -2.42. The largest absolute Gasteiger partial charge is 0.446 e. The van der Waals surface area contributed by atoms with E-state index in [4.69, 9.17) is 14.2 Å². The lowest BCUT2D eigenvalue weighted by molar-refractivity contribution is -0.137. The number of nitrogens with zero attached hydrogens (tertiary/aromatic N) is 3. The van der Waals surface area contributed by atoms with E-state index < -0.39 is 6.43 Å². The molecule has 1 saturated carbocycles. The van der Waals surface area contributed by atoms with Crippen LogP contribution in [0.2, 0.25) is 0 Å². The molecular formula is C27H41F2N3O5. The van der Waals surface area contributed by atoms with E-state index in [1.807, 2.05) is 0 Å². The maximum atomic E-state index is 12.6. The van der Waals surface area contributed by atoms with Crippen molar-refractivity contribution in [3.8, 4) is 0 Å². The van der Waals surface area contributed by atoms with Crippen LogP contribution in [0.4, 0.5) is 13.6 Å². The number of carbonyl (C=O) groups is 2. The Morgan fingerprint density at radius 3 is 2.57 bits per heavy atom. The Morgan fingerprint density at radius 1 is 1.19 bits per heavy atom. The van der Waals surface area contributed by atoms with Crippen molar-refractivity contribution in [1.29, 1.82) is 0 Å². The summed E-state index contributed by atoms with van der Waals surface area (Å²) in [5.41, 5.74) is 1.01. The van der Waals surface area contributed by atoms with Crippen LogP contribution in [0.15, 0.2) is 11.6 Å². The third-order valence-corrected chi connectivity index (χ3v) is 8.88. The monoisotopic (exact) mass is 525 g/mol. The van der Waals surface area contributed by atoms with Gasteiger partial charge in [0.2, 0.25) is 5.91 Å². The Labute approximate surface area is 218 Å². The highest BCUT2D eigenvalue weighted by Crippen LogP contribution is 2.60. The van der Waals surface area contributed by atoms with Crippen LogP contribution < -0.4 is 0 Å². The van der Waals surface area contributed by atoms with Crippen LogP contribution in [0, 0.1) is 5.92 Å². The van der Waals surface area contributed by atoms with Crippen molar-refractivity contribution in [3.05, 3.63) is 11.6 Å². The average molecular weight is 526 g/mol. The van der Waals surface area contributed by atoms with Gasteiger partial charge in [-0.1, -0.05) is 11.6 Å². The Balaban J connectivity index is 0.960. The number of ether oxygens (including phenoxy) is 3. The molecule has 0 aromatic rings. The van der Waals surface area contributed by atoms with Crippen molar-refractivity contribution in [1.82, 2.24) is 14.7 Å². The third-order valence-electron chi connectivity index (χ3n) is 8.88. The first-order valence-corrected chi connectivity index (χ1v) is 13.8. The molecular weight excluding hydrogens is 484 g/mol. The molecule has 0 radical (unpaired) electrons. The highest BCUT2D eigenvalue weighted by molar-refractivity contribution is 5.79. The molecule has 2 amide bonds. The normalized spacial score (nSPS) is 36.1. The van der Waals surface area contributed by atoms with Crippen molar-refractivity contribution in [2.75, 3.05) is 45.8 Å². The van der Waals surface area contributed by atoms with Gasteiger partial charge in [-0.05, 0) is 65.2 Å². The van der Waals surface area contributed by atoms with Gasteiger partial charge in [0.15, 0.2) is 0 Å². The highest BCUT2D eigenvalue weighted by atomic mass is 19.3. The molecule has 0 N–H and O–H groups in total. The van der Waals surface area contributed by atoms with E-state index >= 15 is 0 Å². The van der Waals surface area contributed by atoms with Gasteiger partial charge in [0.05, 0.1) is 24.8 Å². The lowest BCUT2D eigenvalue weighted by Gasteiger charge is -2.41. The summed E-state index contributed by atoms with van der Waals surface area (Å²) in [5, 5.41) is 0. The number of alkyl halides is 2. The number of amides is 2. The van der Waals surface area contributed by atoms with E-state index in [1.54, 1.807) is 9.80 Å². The number of carbonyl (C=O) groups excluding carboxylic acids is 2. The number of hydrogen-bond acceptors (Lipinski definition) is 6. The summed E-state index contributed by atoms with van der Waals surface area (Å²) in [6.45, 7) is 8.94. The van der Waals surface area contributed by atoms with Gasteiger partial charge in [0.25, 0.3) is 6.43 Å². The van der Waals surface area contributed by atoms with Crippen LogP contribution in [-0.2, 0) is 19.0 Å². The fourth-order valence-electron chi connectivity index (χ4n) is 6.35. The maximum Gasteiger partial charge on any atom is 0.410 e. The molecule has 5 aliphatic rings. The first-order valence-electron chi connectivity index (χ1n) is 13.8. The van der Waals surface area contributed by atoms with Gasteiger partial charge >= 0.3 is 6.09 Å². The van der Waals surface area contributed by atoms with E-state index in [1.165, 1.54) is 10.5 Å². The molecule has 4 saturated heterocycles. The summed E-state index contributed by atoms with van der Waals surface area (Å²) in [7, 11) is 0. The number of hydrogen-bond donors (Lipinski definition) is 0. The molecule has 5 fully saturated rings. The molecule has 1 aliphatic carbocycles. The van der Waals surface area contributed by atoms with Gasteiger partial charge in [0, 0.05) is 32.7 Å².